The zero-order valence-electron chi connectivity index (χ0n) is 18.4. The number of halogens is 2. The van der Waals surface area contributed by atoms with E-state index >= 15 is 0 Å². The normalized spacial score (nSPS) is 17.5. The summed E-state index contributed by atoms with van der Waals surface area (Å²) in [5.74, 6) is 1.72. The van der Waals surface area contributed by atoms with E-state index in [9.17, 15) is 4.79 Å². The van der Waals surface area contributed by atoms with Crippen LogP contribution < -0.4 is 15.8 Å². The predicted molar refractivity (Wildman–Crippen MR) is 137 cm³/mol. The van der Waals surface area contributed by atoms with E-state index in [-0.39, 0.29) is 42.7 Å². The molecule has 34 heavy (non-hydrogen) atoms. The van der Waals surface area contributed by atoms with E-state index in [1.165, 1.54) is 10.4 Å². The van der Waals surface area contributed by atoms with Crippen LogP contribution in [0.3, 0.4) is 0 Å². The van der Waals surface area contributed by atoms with Crippen molar-refractivity contribution in [2.45, 2.75) is 25.3 Å². The second-order valence-electron chi connectivity index (χ2n) is 8.40. The van der Waals surface area contributed by atoms with Crippen molar-refractivity contribution in [1.82, 2.24) is 24.5 Å². The van der Waals surface area contributed by atoms with Gasteiger partial charge in [0, 0.05) is 36.1 Å². The number of rotatable bonds is 4. The number of aryl methyl sites for hydroxylation is 1. The predicted octanol–water partition coefficient (Wildman–Crippen LogP) is 3.21. The fourth-order valence-corrected chi connectivity index (χ4v) is 6.05. The zero-order chi connectivity index (χ0) is 21.8. The quantitative estimate of drug-likeness (QED) is 0.424. The number of ether oxygens (including phenoxy) is 1. The standard InChI is InChI=1S/C22H23N7O2S.2ClH/c1-31-19-15(5-7-29-16(19)4-6-26-29)27-20-18-14-3-2-12(22(30)28-9-13(23)10-28)8-17(14)32-21(18)25-11-24-20;;/h4-7,11-13H,2-3,8-10,23H2,1H3,(H,24,25,27);2*1H/t12-;;/m0../s1. The van der Waals surface area contributed by atoms with Crippen LogP contribution in [-0.4, -0.2) is 56.6 Å². The molecule has 1 aliphatic heterocycles. The van der Waals surface area contributed by atoms with Crippen LogP contribution in [0.25, 0.3) is 15.7 Å². The van der Waals surface area contributed by atoms with Crippen LogP contribution in [0.5, 0.6) is 5.75 Å². The molecule has 4 aromatic heterocycles. The van der Waals surface area contributed by atoms with Gasteiger partial charge in [-0.3, -0.25) is 4.79 Å². The summed E-state index contributed by atoms with van der Waals surface area (Å²) < 4.78 is 7.44. The number of hydrogen-bond donors (Lipinski definition) is 2. The van der Waals surface area contributed by atoms with Gasteiger partial charge in [-0.05, 0) is 37.0 Å². The molecule has 1 saturated heterocycles. The molecule has 1 fully saturated rings. The van der Waals surface area contributed by atoms with Crippen molar-refractivity contribution in [1.29, 1.82) is 0 Å². The molecule has 0 spiro atoms. The third-order valence-electron chi connectivity index (χ3n) is 6.40. The highest BCUT2D eigenvalue weighted by Gasteiger charge is 2.35. The fraction of sp³-hybridized carbons (Fsp3) is 0.364. The number of nitrogens with zero attached hydrogens (tertiary/aromatic N) is 5. The average Bonchev–Trinajstić information content (AvgIpc) is 3.40. The molecule has 4 aromatic rings. The molecular formula is C22H25Cl2N7O2S. The van der Waals surface area contributed by atoms with Crippen LogP contribution in [0.2, 0.25) is 0 Å². The van der Waals surface area contributed by atoms with Gasteiger partial charge >= 0.3 is 0 Å². The van der Waals surface area contributed by atoms with Crippen LogP contribution in [-0.2, 0) is 17.6 Å². The molecule has 1 aliphatic carbocycles. The second kappa shape index (κ2) is 9.53. The maximum absolute atomic E-state index is 12.8. The van der Waals surface area contributed by atoms with Crippen molar-refractivity contribution in [3.63, 3.8) is 0 Å². The van der Waals surface area contributed by atoms with E-state index in [2.05, 4.69) is 20.4 Å². The van der Waals surface area contributed by atoms with Gasteiger partial charge in [-0.1, -0.05) is 0 Å². The Morgan fingerprint density at radius 3 is 2.85 bits per heavy atom. The van der Waals surface area contributed by atoms with Crippen molar-refractivity contribution < 1.29 is 9.53 Å². The summed E-state index contributed by atoms with van der Waals surface area (Å²) in [6.45, 7) is 1.36. The van der Waals surface area contributed by atoms with Crippen LogP contribution in [0.15, 0.2) is 30.9 Å². The number of thiophene rings is 1. The number of carbonyl (C=O) groups excluding carboxylic acids is 1. The number of hydrogen-bond acceptors (Lipinski definition) is 8. The van der Waals surface area contributed by atoms with Gasteiger partial charge < -0.3 is 20.7 Å². The minimum absolute atomic E-state index is 0. The van der Waals surface area contributed by atoms with Crippen LogP contribution >= 0.6 is 36.2 Å². The average molecular weight is 522 g/mol. The lowest BCUT2D eigenvalue weighted by molar-refractivity contribution is -0.140. The third kappa shape index (κ3) is 3.94. The molecule has 6 rings (SSSR count). The molecule has 0 unspecified atom stereocenters. The Kier molecular flexibility index (Phi) is 6.86. The first-order valence-electron chi connectivity index (χ1n) is 10.7. The highest BCUT2D eigenvalue weighted by atomic mass is 35.5. The summed E-state index contributed by atoms with van der Waals surface area (Å²) in [6.07, 6.45) is 7.65. The third-order valence-corrected chi connectivity index (χ3v) is 7.57. The number of fused-ring (bicyclic) bond motifs is 4. The lowest BCUT2D eigenvalue weighted by Gasteiger charge is -2.39. The Labute approximate surface area is 212 Å². The molecular weight excluding hydrogens is 497 g/mol. The minimum Gasteiger partial charge on any atom is -0.492 e. The molecule has 3 N–H and O–H groups in total. The van der Waals surface area contributed by atoms with E-state index in [0.29, 0.717) is 18.8 Å². The van der Waals surface area contributed by atoms with E-state index in [0.717, 1.165) is 46.5 Å². The lowest BCUT2D eigenvalue weighted by Crippen LogP contribution is -2.59. The summed E-state index contributed by atoms with van der Waals surface area (Å²) >= 11 is 1.67. The molecule has 9 nitrogen and oxygen atoms in total. The van der Waals surface area contributed by atoms with Gasteiger partial charge in [0.25, 0.3) is 0 Å². The molecule has 2 aliphatic rings. The van der Waals surface area contributed by atoms with Crippen molar-refractivity contribution in [3.8, 4) is 5.75 Å². The van der Waals surface area contributed by atoms with Crippen LogP contribution in [0, 0.1) is 5.92 Å². The highest BCUT2D eigenvalue weighted by molar-refractivity contribution is 7.19. The monoisotopic (exact) mass is 521 g/mol. The summed E-state index contributed by atoms with van der Waals surface area (Å²) in [6, 6.07) is 3.97. The fourth-order valence-electron chi connectivity index (χ4n) is 4.78. The van der Waals surface area contributed by atoms with E-state index in [4.69, 9.17) is 10.5 Å². The molecule has 12 heteroatoms. The van der Waals surface area contributed by atoms with Gasteiger partial charge in [0.15, 0.2) is 5.75 Å². The molecule has 1 amide bonds. The number of likely N-dealkylation sites (tertiary alicyclic amines) is 1. The number of aromatic nitrogens is 4. The summed E-state index contributed by atoms with van der Waals surface area (Å²) in [5, 5.41) is 8.77. The van der Waals surface area contributed by atoms with Crippen molar-refractivity contribution in [3.05, 3.63) is 41.3 Å². The summed E-state index contributed by atoms with van der Waals surface area (Å²) in [7, 11) is 1.65. The van der Waals surface area contributed by atoms with E-state index < -0.39 is 0 Å². The second-order valence-corrected chi connectivity index (χ2v) is 9.48. The van der Waals surface area contributed by atoms with E-state index in [1.807, 2.05) is 23.2 Å². The summed E-state index contributed by atoms with van der Waals surface area (Å²) in [5.41, 5.74) is 8.81. The first kappa shape index (κ1) is 24.5. The Morgan fingerprint density at radius 2 is 2.09 bits per heavy atom. The smallest absolute Gasteiger partial charge is 0.226 e. The largest absolute Gasteiger partial charge is 0.492 e. The van der Waals surface area contributed by atoms with Gasteiger partial charge in [0.05, 0.1) is 24.4 Å². The van der Waals surface area contributed by atoms with Crippen molar-refractivity contribution in [2.24, 2.45) is 11.7 Å². The number of nitrogens with one attached hydrogen (secondary N) is 1. The molecule has 0 bridgehead atoms. The van der Waals surface area contributed by atoms with E-state index in [1.54, 1.807) is 35.5 Å². The van der Waals surface area contributed by atoms with Crippen molar-refractivity contribution in [2.75, 3.05) is 25.5 Å². The Balaban J connectivity index is 0.00000137. The number of anilines is 2. The maximum atomic E-state index is 12.8. The van der Waals surface area contributed by atoms with Crippen LogP contribution in [0.4, 0.5) is 11.5 Å². The number of methoxy groups -OCH3 is 1. The summed E-state index contributed by atoms with van der Waals surface area (Å²) in [4.78, 5) is 26.0. The molecule has 180 valence electrons. The number of carbonyl (C=O) groups is 1. The first-order valence-corrected chi connectivity index (χ1v) is 11.5. The van der Waals surface area contributed by atoms with Gasteiger partial charge in [-0.15, -0.1) is 36.2 Å². The van der Waals surface area contributed by atoms with Gasteiger partial charge in [-0.25, -0.2) is 14.5 Å². The Morgan fingerprint density at radius 1 is 1.26 bits per heavy atom. The van der Waals surface area contributed by atoms with Gasteiger partial charge in [0.1, 0.15) is 22.5 Å². The number of pyridine rings is 1. The number of amides is 1. The Bertz CT molecular complexity index is 1350. The Hall–Kier alpha value is -2.66. The molecule has 0 aromatic carbocycles. The molecule has 0 radical (unpaired) electrons. The van der Waals surface area contributed by atoms with Crippen molar-refractivity contribution >= 4 is 69.3 Å². The highest BCUT2D eigenvalue weighted by Crippen LogP contribution is 2.42. The minimum atomic E-state index is 0. The number of nitrogens with two attached hydrogens (primary N) is 1. The topological polar surface area (TPSA) is 111 Å². The molecule has 1 atom stereocenters. The van der Waals surface area contributed by atoms with Gasteiger partial charge in [-0.2, -0.15) is 5.10 Å². The van der Waals surface area contributed by atoms with Gasteiger partial charge in [0.2, 0.25) is 5.91 Å². The van der Waals surface area contributed by atoms with Crippen LogP contribution in [0.1, 0.15) is 16.9 Å². The molecule has 0 saturated carbocycles. The first-order chi connectivity index (χ1) is 15.6. The lowest BCUT2D eigenvalue weighted by atomic mass is 9.86. The zero-order valence-corrected chi connectivity index (χ0v) is 20.9. The maximum Gasteiger partial charge on any atom is 0.226 e. The SMILES string of the molecule is COc1c(Nc2ncnc3sc4c(c23)CC[C@H](C(=O)N2CC(N)C2)C4)ccn2nccc12.Cl.Cl. The molecule has 5 heterocycles.